The Labute approximate surface area is 211 Å². The summed E-state index contributed by atoms with van der Waals surface area (Å²) in [5, 5.41) is 14.3. The summed E-state index contributed by atoms with van der Waals surface area (Å²) in [6.07, 6.45) is 1.98. The average Bonchev–Trinajstić information content (AvgIpc) is 2.90. The van der Waals surface area contributed by atoms with Gasteiger partial charge in [-0.3, -0.25) is 24.5 Å². The Bertz CT molecular complexity index is 1090. The third-order valence-corrected chi connectivity index (χ3v) is 6.21. The molecule has 4 N–H and O–H groups in total. The summed E-state index contributed by atoms with van der Waals surface area (Å²) in [6, 6.07) is 15.4. The number of likely N-dealkylation sites (tertiary alicyclic amines) is 1. The Morgan fingerprint density at radius 3 is 2.25 bits per heavy atom. The van der Waals surface area contributed by atoms with Crippen LogP contribution in [0.5, 0.6) is 0 Å². The van der Waals surface area contributed by atoms with Crippen LogP contribution in [0.3, 0.4) is 0 Å². The number of amides is 3. The van der Waals surface area contributed by atoms with Gasteiger partial charge in [0.1, 0.15) is 6.04 Å². The molecular formula is C27H33N5O4. The van der Waals surface area contributed by atoms with Crippen LogP contribution in [0.4, 0.5) is 0 Å². The van der Waals surface area contributed by atoms with Crippen LogP contribution >= 0.6 is 0 Å². The summed E-state index contributed by atoms with van der Waals surface area (Å²) in [5.41, 5.74) is 3.49. The number of rotatable bonds is 8. The highest BCUT2D eigenvalue weighted by Crippen LogP contribution is 2.13. The van der Waals surface area contributed by atoms with E-state index in [-0.39, 0.29) is 19.0 Å². The number of hydrogen-bond acceptors (Lipinski definition) is 6. The number of hydrogen-bond donors (Lipinski definition) is 4. The molecule has 0 radical (unpaired) electrons. The second kappa shape index (κ2) is 13.4. The maximum absolute atomic E-state index is 12.7. The van der Waals surface area contributed by atoms with E-state index in [2.05, 4.69) is 34.4 Å². The number of benzene rings is 2. The molecule has 190 valence electrons. The largest absolute Gasteiger partial charge is 0.352 e. The van der Waals surface area contributed by atoms with Crippen LogP contribution in [-0.2, 0) is 9.59 Å². The second-order valence-electron chi connectivity index (χ2n) is 8.95. The monoisotopic (exact) mass is 491 g/mol. The molecule has 1 saturated heterocycles. The molecule has 2 aromatic rings. The van der Waals surface area contributed by atoms with Crippen LogP contribution in [-0.4, -0.2) is 85.1 Å². The van der Waals surface area contributed by atoms with Crippen molar-refractivity contribution in [2.75, 3.05) is 40.3 Å². The van der Waals surface area contributed by atoms with Crippen molar-refractivity contribution in [2.24, 2.45) is 0 Å². The summed E-state index contributed by atoms with van der Waals surface area (Å²) < 4.78 is 0. The molecule has 36 heavy (non-hydrogen) atoms. The van der Waals surface area contributed by atoms with Crippen LogP contribution in [0, 0.1) is 11.8 Å². The average molecular weight is 492 g/mol. The van der Waals surface area contributed by atoms with Gasteiger partial charge in [0.05, 0.1) is 6.54 Å². The Morgan fingerprint density at radius 2 is 1.64 bits per heavy atom. The van der Waals surface area contributed by atoms with Gasteiger partial charge in [-0.2, -0.15) is 0 Å². The van der Waals surface area contributed by atoms with Gasteiger partial charge in [-0.05, 0) is 76.4 Å². The predicted molar refractivity (Wildman–Crippen MR) is 136 cm³/mol. The molecule has 9 heteroatoms. The first-order chi connectivity index (χ1) is 17.4. The molecule has 0 saturated carbocycles. The van der Waals surface area contributed by atoms with E-state index in [9.17, 15) is 14.4 Å². The van der Waals surface area contributed by atoms with Gasteiger partial charge in [0.25, 0.3) is 11.8 Å². The zero-order valence-electron chi connectivity index (χ0n) is 20.7. The Balaban J connectivity index is 1.52. The molecule has 3 amide bonds. The molecule has 0 bridgehead atoms. The smallest absolute Gasteiger partial charge is 0.267 e. The maximum atomic E-state index is 12.7. The minimum absolute atomic E-state index is 0.154. The Morgan fingerprint density at radius 1 is 1.03 bits per heavy atom. The molecule has 1 fully saturated rings. The zero-order chi connectivity index (χ0) is 25.9. The summed E-state index contributed by atoms with van der Waals surface area (Å²) in [7, 11) is 3.99. The Hall–Kier alpha value is -3.71. The van der Waals surface area contributed by atoms with E-state index in [1.165, 1.54) is 0 Å². The molecule has 1 heterocycles. The fourth-order valence-electron chi connectivity index (χ4n) is 3.96. The minimum atomic E-state index is -1.14. The van der Waals surface area contributed by atoms with E-state index in [1.54, 1.807) is 29.7 Å². The van der Waals surface area contributed by atoms with Gasteiger partial charge in [0.15, 0.2) is 0 Å². The molecular weight excluding hydrogens is 458 g/mol. The second-order valence-corrected chi connectivity index (χ2v) is 8.95. The third-order valence-electron chi connectivity index (χ3n) is 6.21. The lowest BCUT2D eigenvalue weighted by molar-refractivity contribution is -0.131. The van der Waals surface area contributed by atoms with Crippen LogP contribution < -0.4 is 16.1 Å². The first kappa shape index (κ1) is 26.9. The molecule has 1 atom stereocenters. The van der Waals surface area contributed by atoms with Crippen LogP contribution in [0.2, 0.25) is 0 Å². The summed E-state index contributed by atoms with van der Waals surface area (Å²) in [5.74, 6) is 4.49. The molecule has 0 aliphatic carbocycles. The lowest BCUT2D eigenvalue weighted by atomic mass is 10.0. The zero-order valence-corrected chi connectivity index (χ0v) is 20.7. The van der Waals surface area contributed by atoms with Crippen LogP contribution in [0.15, 0.2) is 54.6 Å². The van der Waals surface area contributed by atoms with E-state index >= 15 is 0 Å². The third kappa shape index (κ3) is 8.20. The fraction of sp³-hybridized carbons (Fsp3) is 0.370. The number of likely N-dealkylation sites (N-methyl/N-ethyl adjacent to an activating group) is 1. The van der Waals surface area contributed by atoms with E-state index in [4.69, 9.17) is 5.21 Å². The molecule has 0 aromatic heterocycles. The topological polar surface area (TPSA) is 114 Å². The van der Waals surface area contributed by atoms with Crippen molar-refractivity contribution >= 4 is 17.7 Å². The predicted octanol–water partition coefficient (Wildman–Crippen LogP) is 0.832. The van der Waals surface area contributed by atoms with Crippen LogP contribution in [0.1, 0.15) is 34.3 Å². The minimum Gasteiger partial charge on any atom is -0.352 e. The standard InChI is InChI=1S/C27H33N5O4/c1-31-16-14-23(15-17-31)32(2)19-25(33)28-18-24(27(35)30-36)29-26(34)22-12-10-21(11-13-22)9-8-20-6-4-3-5-7-20/h3-7,10-13,23-24,36H,14-19H2,1-2H3,(H,28,33)(H,29,34)(H,30,35)/t24-/m0/s1. The summed E-state index contributed by atoms with van der Waals surface area (Å²) in [6.45, 7) is 2.00. The van der Waals surface area contributed by atoms with Crippen molar-refractivity contribution in [2.45, 2.75) is 24.9 Å². The van der Waals surface area contributed by atoms with Gasteiger partial charge < -0.3 is 15.5 Å². The number of hydroxylamine groups is 1. The number of piperidine rings is 1. The highest BCUT2D eigenvalue weighted by atomic mass is 16.5. The van der Waals surface area contributed by atoms with E-state index < -0.39 is 17.9 Å². The van der Waals surface area contributed by atoms with Gasteiger partial charge in [-0.25, -0.2) is 5.48 Å². The molecule has 1 aliphatic heterocycles. The van der Waals surface area contributed by atoms with E-state index in [1.807, 2.05) is 42.3 Å². The lowest BCUT2D eigenvalue weighted by Gasteiger charge is -2.34. The maximum Gasteiger partial charge on any atom is 0.267 e. The van der Waals surface area contributed by atoms with E-state index in [0.717, 1.165) is 37.1 Å². The van der Waals surface area contributed by atoms with Crippen LogP contribution in [0.25, 0.3) is 0 Å². The van der Waals surface area contributed by atoms with Gasteiger partial charge in [0, 0.05) is 29.3 Å². The van der Waals surface area contributed by atoms with Gasteiger partial charge in [-0.1, -0.05) is 30.0 Å². The molecule has 9 nitrogen and oxygen atoms in total. The van der Waals surface area contributed by atoms with Crippen molar-refractivity contribution in [3.05, 3.63) is 71.3 Å². The molecule has 3 rings (SSSR count). The fourth-order valence-corrected chi connectivity index (χ4v) is 3.96. The van der Waals surface area contributed by atoms with Crippen molar-refractivity contribution in [3.8, 4) is 11.8 Å². The van der Waals surface area contributed by atoms with Crippen molar-refractivity contribution in [1.29, 1.82) is 0 Å². The molecule has 2 aromatic carbocycles. The van der Waals surface area contributed by atoms with Gasteiger partial charge >= 0.3 is 0 Å². The van der Waals surface area contributed by atoms with Gasteiger partial charge in [-0.15, -0.1) is 0 Å². The number of carbonyl (C=O) groups excluding carboxylic acids is 3. The van der Waals surface area contributed by atoms with Crippen molar-refractivity contribution in [3.63, 3.8) is 0 Å². The first-order valence-corrected chi connectivity index (χ1v) is 11.9. The normalized spacial score (nSPS) is 14.9. The Kier molecular flexibility index (Phi) is 10.0. The highest BCUT2D eigenvalue weighted by molar-refractivity contribution is 5.97. The molecule has 0 spiro atoms. The molecule has 1 aliphatic rings. The van der Waals surface area contributed by atoms with E-state index in [0.29, 0.717) is 11.6 Å². The summed E-state index contributed by atoms with van der Waals surface area (Å²) >= 11 is 0. The van der Waals surface area contributed by atoms with Crippen molar-refractivity contribution in [1.82, 2.24) is 25.9 Å². The summed E-state index contributed by atoms with van der Waals surface area (Å²) in [4.78, 5) is 41.5. The number of nitrogens with zero attached hydrogens (tertiary/aromatic N) is 2. The number of nitrogens with one attached hydrogen (secondary N) is 3. The number of carbonyl (C=O) groups is 3. The quantitative estimate of drug-likeness (QED) is 0.247. The van der Waals surface area contributed by atoms with Crippen molar-refractivity contribution < 1.29 is 19.6 Å². The lowest BCUT2D eigenvalue weighted by Crippen LogP contribution is -2.53. The first-order valence-electron chi connectivity index (χ1n) is 11.9. The molecule has 0 unspecified atom stereocenters. The van der Waals surface area contributed by atoms with Gasteiger partial charge in [0.2, 0.25) is 5.91 Å². The highest BCUT2D eigenvalue weighted by Gasteiger charge is 2.24. The SMILES string of the molecule is CN1CCC(N(C)CC(=O)NC[C@H](NC(=O)c2ccc(C#Cc3ccccc3)cc2)C(=O)NO)CC1.